The predicted molar refractivity (Wildman–Crippen MR) is 133 cm³/mol. The third kappa shape index (κ3) is 6.09. The number of carbonyl (C=O) groups is 1. The summed E-state index contributed by atoms with van der Waals surface area (Å²) in [6.45, 7) is 10.7. The van der Waals surface area contributed by atoms with Crippen molar-refractivity contribution in [1.29, 1.82) is 0 Å². The lowest BCUT2D eigenvalue weighted by molar-refractivity contribution is -0.127. The first kappa shape index (κ1) is 24.1. The van der Waals surface area contributed by atoms with Crippen LogP contribution in [0.2, 0.25) is 0 Å². The van der Waals surface area contributed by atoms with Gasteiger partial charge in [-0.25, -0.2) is 0 Å². The number of hydrogen-bond acceptors (Lipinski definition) is 6. The maximum Gasteiger partial charge on any atom is 0.233 e. The van der Waals surface area contributed by atoms with Gasteiger partial charge in [0.25, 0.3) is 0 Å². The fourth-order valence-corrected chi connectivity index (χ4v) is 5.47. The average Bonchev–Trinajstić information content (AvgIpc) is 3.45. The maximum absolute atomic E-state index is 12.9. The minimum atomic E-state index is 0.0972. The maximum atomic E-state index is 12.9. The molecule has 1 amide bonds. The van der Waals surface area contributed by atoms with Gasteiger partial charge in [0, 0.05) is 33.3 Å². The Kier molecular flexibility index (Phi) is 7.96. The Morgan fingerprint density at radius 2 is 2.00 bits per heavy atom. The lowest BCUT2D eigenvalue weighted by Gasteiger charge is -2.31. The highest BCUT2D eigenvalue weighted by Crippen LogP contribution is 2.28. The summed E-state index contributed by atoms with van der Waals surface area (Å²) in [5, 5.41) is 9.87. The molecule has 33 heavy (non-hydrogen) atoms. The molecule has 1 aromatic heterocycles. The number of amides is 1. The molecule has 0 radical (unpaired) electrons. The third-order valence-corrected chi connectivity index (χ3v) is 7.78. The van der Waals surface area contributed by atoms with Gasteiger partial charge in [-0.1, -0.05) is 42.4 Å². The summed E-state index contributed by atoms with van der Waals surface area (Å²) in [6, 6.07) is 6.39. The zero-order valence-electron chi connectivity index (χ0n) is 20.4. The number of nitrogens with zero attached hydrogens (tertiary/aromatic N) is 5. The molecule has 2 fully saturated rings. The van der Waals surface area contributed by atoms with Gasteiger partial charge < -0.3 is 14.5 Å². The Bertz CT molecular complexity index is 948. The Labute approximate surface area is 201 Å². The highest BCUT2D eigenvalue weighted by molar-refractivity contribution is 7.99. The first-order valence-electron chi connectivity index (χ1n) is 12.1. The Balaban J connectivity index is 1.42. The molecule has 0 unspecified atom stereocenters. The zero-order valence-corrected chi connectivity index (χ0v) is 21.2. The van der Waals surface area contributed by atoms with Gasteiger partial charge >= 0.3 is 0 Å². The molecule has 0 N–H and O–H groups in total. The Hall–Kier alpha value is -2.06. The number of aromatic nitrogens is 3. The fraction of sp³-hybridized carbons (Fsp3) is 0.640. The minimum absolute atomic E-state index is 0.0972. The summed E-state index contributed by atoms with van der Waals surface area (Å²) in [5.41, 5.74) is 3.65. The van der Waals surface area contributed by atoms with E-state index < -0.39 is 0 Å². The van der Waals surface area contributed by atoms with Crippen molar-refractivity contribution < 1.29 is 9.53 Å². The Morgan fingerprint density at radius 3 is 2.70 bits per heavy atom. The molecule has 2 aliphatic heterocycles. The van der Waals surface area contributed by atoms with Crippen LogP contribution >= 0.6 is 11.8 Å². The number of piperidine rings is 1. The van der Waals surface area contributed by atoms with E-state index in [9.17, 15) is 4.79 Å². The van der Waals surface area contributed by atoms with E-state index in [1.807, 2.05) is 7.05 Å². The number of thioether (sulfide) groups is 1. The van der Waals surface area contributed by atoms with Gasteiger partial charge in [0.2, 0.25) is 11.9 Å². The van der Waals surface area contributed by atoms with Crippen LogP contribution in [0.4, 0.5) is 5.95 Å². The molecule has 0 bridgehead atoms. The standard InChI is InChI=1S/C25H37N5O2S/c1-18-9-11-29(12-10-18)24-26-27-25(30(24)16-22-6-5-13-32-22)33-17-23(31)28(4)15-21-8-7-19(2)14-20(21)3/h7-8,14,18,22H,5-6,9-13,15-17H2,1-4H3/t22-/m1/s1. The van der Waals surface area contributed by atoms with E-state index in [0.29, 0.717) is 12.3 Å². The van der Waals surface area contributed by atoms with Crippen LogP contribution in [0.1, 0.15) is 49.3 Å². The van der Waals surface area contributed by atoms with Crippen molar-refractivity contribution in [3.05, 3.63) is 34.9 Å². The van der Waals surface area contributed by atoms with Crippen molar-refractivity contribution in [1.82, 2.24) is 19.7 Å². The van der Waals surface area contributed by atoms with Gasteiger partial charge in [-0.2, -0.15) is 0 Å². The van der Waals surface area contributed by atoms with E-state index in [4.69, 9.17) is 4.74 Å². The van der Waals surface area contributed by atoms with Crippen LogP contribution in [-0.2, 0) is 22.6 Å². The molecule has 3 heterocycles. The molecule has 4 rings (SSSR count). The van der Waals surface area contributed by atoms with Gasteiger partial charge in [-0.15, -0.1) is 10.2 Å². The van der Waals surface area contributed by atoms with Crippen LogP contribution in [0.15, 0.2) is 23.4 Å². The molecule has 180 valence electrons. The first-order valence-corrected chi connectivity index (χ1v) is 13.1. The summed E-state index contributed by atoms with van der Waals surface area (Å²) >= 11 is 1.49. The smallest absolute Gasteiger partial charge is 0.233 e. The average molecular weight is 472 g/mol. The van der Waals surface area contributed by atoms with E-state index in [-0.39, 0.29) is 12.0 Å². The highest BCUT2D eigenvalue weighted by Gasteiger charge is 2.26. The van der Waals surface area contributed by atoms with Crippen molar-refractivity contribution >= 4 is 23.6 Å². The summed E-state index contributed by atoms with van der Waals surface area (Å²) < 4.78 is 8.10. The van der Waals surface area contributed by atoms with Crippen molar-refractivity contribution in [2.24, 2.45) is 5.92 Å². The first-order chi connectivity index (χ1) is 15.9. The summed E-state index contributed by atoms with van der Waals surface area (Å²) in [7, 11) is 1.87. The molecule has 2 aliphatic rings. The lowest BCUT2D eigenvalue weighted by Crippen LogP contribution is -2.35. The van der Waals surface area contributed by atoms with Crippen LogP contribution < -0.4 is 4.90 Å². The number of carbonyl (C=O) groups excluding carboxylic acids is 1. The molecule has 7 nitrogen and oxygen atoms in total. The summed E-state index contributed by atoms with van der Waals surface area (Å²) in [5.74, 6) is 2.13. The van der Waals surface area contributed by atoms with Crippen molar-refractivity contribution in [2.45, 2.75) is 70.8 Å². The number of ether oxygens (including phenoxy) is 1. The minimum Gasteiger partial charge on any atom is -0.376 e. The van der Waals surface area contributed by atoms with E-state index >= 15 is 0 Å². The molecule has 2 aromatic rings. The van der Waals surface area contributed by atoms with Crippen molar-refractivity contribution in [3.63, 3.8) is 0 Å². The van der Waals surface area contributed by atoms with E-state index in [1.54, 1.807) is 4.90 Å². The zero-order chi connectivity index (χ0) is 23.4. The van der Waals surface area contributed by atoms with Gasteiger partial charge in [-0.05, 0) is 56.6 Å². The molecule has 2 saturated heterocycles. The Morgan fingerprint density at radius 1 is 1.21 bits per heavy atom. The number of benzene rings is 1. The highest BCUT2D eigenvalue weighted by atomic mass is 32.2. The van der Waals surface area contributed by atoms with Crippen LogP contribution in [-0.4, -0.2) is 64.2 Å². The van der Waals surface area contributed by atoms with Crippen LogP contribution in [0.5, 0.6) is 0 Å². The molecule has 8 heteroatoms. The van der Waals surface area contributed by atoms with Crippen LogP contribution in [0, 0.1) is 19.8 Å². The predicted octanol–water partition coefficient (Wildman–Crippen LogP) is 4.06. The van der Waals surface area contributed by atoms with Crippen LogP contribution in [0.25, 0.3) is 0 Å². The van der Waals surface area contributed by atoms with Gasteiger partial charge in [0.15, 0.2) is 5.16 Å². The SMILES string of the molecule is Cc1ccc(CN(C)C(=O)CSc2nnc(N3CCC(C)CC3)n2C[C@H]2CCCO2)c(C)c1. The molecule has 0 saturated carbocycles. The van der Waals surface area contributed by atoms with Gasteiger partial charge in [-0.3, -0.25) is 9.36 Å². The summed E-state index contributed by atoms with van der Waals surface area (Å²) in [4.78, 5) is 17.1. The van der Waals surface area contributed by atoms with Crippen LogP contribution in [0.3, 0.4) is 0 Å². The molecule has 0 aliphatic carbocycles. The third-order valence-electron chi connectivity index (χ3n) is 6.83. The second kappa shape index (κ2) is 10.9. The summed E-state index contributed by atoms with van der Waals surface area (Å²) in [6.07, 6.45) is 4.73. The lowest BCUT2D eigenvalue weighted by atomic mass is 10.00. The second-order valence-corrected chi connectivity index (χ2v) is 10.6. The van der Waals surface area contributed by atoms with Gasteiger partial charge in [0.1, 0.15) is 0 Å². The van der Waals surface area contributed by atoms with Crippen molar-refractivity contribution in [2.75, 3.05) is 37.4 Å². The molecular weight excluding hydrogens is 434 g/mol. The number of rotatable bonds is 8. The second-order valence-electron chi connectivity index (χ2n) is 9.67. The van der Waals surface area contributed by atoms with E-state index in [1.165, 1.54) is 41.3 Å². The number of hydrogen-bond donors (Lipinski definition) is 0. The van der Waals surface area contributed by atoms with E-state index in [2.05, 4.69) is 58.6 Å². The number of aryl methyl sites for hydroxylation is 2. The molecule has 0 spiro atoms. The number of anilines is 1. The van der Waals surface area contributed by atoms with Gasteiger partial charge in [0.05, 0.1) is 18.4 Å². The fourth-order valence-electron chi connectivity index (χ4n) is 4.59. The van der Waals surface area contributed by atoms with Crippen molar-refractivity contribution in [3.8, 4) is 0 Å². The largest absolute Gasteiger partial charge is 0.376 e. The van der Waals surface area contributed by atoms with E-state index in [0.717, 1.165) is 56.1 Å². The molecular formula is C25H37N5O2S. The monoisotopic (exact) mass is 471 g/mol. The normalized spacial score (nSPS) is 19.3. The quantitative estimate of drug-likeness (QED) is 0.541. The molecule has 1 aromatic carbocycles. The topological polar surface area (TPSA) is 63.5 Å². The molecule has 1 atom stereocenters.